The highest BCUT2D eigenvalue weighted by atomic mass is 16.5. The highest BCUT2D eigenvalue weighted by molar-refractivity contribution is 5.94. The highest BCUT2D eigenvalue weighted by Gasteiger charge is 2.22. The minimum Gasteiger partial charge on any atom is -0.496 e. The summed E-state index contributed by atoms with van der Waals surface area (Å²) in [6.07, 6.45) is 0.412. The molecule has 1 N–H and O–H groups in total. The molecule has 1 aromatic carbocycles. The number of aliphatic carboxylic acids is 1. The van der Waals surface area contributed by atoms with Crippen LogP contribution in [-0.2, 0) is 16.0 Å². The number of hydrogen-bond acceptors (Lipinski definition) is 4. The monoisotopic (exact) mass is 249 g/mol. The second-order valence-electron chi connectivity index (χ2n) is 4.06. The molecule has 1 unspecified atom stereocenters. The molecule has 96 valence electrons. The van der Waals surface area contributed by atoms with Crippen LogP contribution in [0, 0.1) is 0 Å². The van der Waals surface area contributed by atoms with Gasteiger partial charge in [0.15, 0.2) is 5.90 Å². The topological polar surface area (TPSA) is 68.1 Å². The Kier molecular flexibility index (Phi) is 3.82. The van der Waals surface area contributed by atoms with E-state index in [4.69, 9.17) is 14.6 Å². The average Bonchev–Trinajstić information content (AvgIpc) is 2.76. The maximum atomic E-state index is 10.5. The van der Waals surface area contributed by atoms with Crippen molar-refractivity contribution >= 4 is 11.9 Å². The molecule has 1 heterocycles. The normalized spacial score (nSPS) is 18.1. The van der Waals surface area contributed by atoms with Gasteiger partial charge in [-0.15, -0.1) is 0 Å². The molecule has 0 aliphatic carbocycles. The first kappa shape index (κ1) is 12.4. The molecule has 0 saturated heterocycles. The third-order valence-electron chi connectivity index (χ3n) is 2.72. The van der Waals surface area contributed by atoms with Gasteiger partial charge < -0.3 is 14.6 Å². The lowest BCUT2D eigenvalue weighted by Gasteiger charge is -2.13. The van der Waals surface area contributed by atoms with Crippen molar-refractivity contribution < 1.29 is 19.4 Å². The fourth-order valence-electron chi connectivity index (χ4n) is 1.92. The van der Waals surface area contributed by atoms with Gasteiger partial charge in [0.25, 0.3) is 0 Å². The maximum absolute atomic E-state index is 10.5. The Balaban J connectivity index is 1.94. The standard InChI is InChI=1S/C13H15NO4/c1-17-11-5-3-2-4-9(11)6-10-8-14-12(18-10)7-13(15)16/h2-5,10H,6-8H2,1H3,(H,15,16). The van der Waals surface area contributed by atoms with Crippen molar-refractivity contribution in [2.45, 2.75) is 18.9 Å². The number of para-hydroxylation sites is 1. The summed E-state index contributed by atoms with van der Waals surface area (Å²) in [5.41, 5.74) is 1.04. The molecular weight excluding hydrogens is 234 g/mol. The van der Waals surface area contributed by atoms with Crippen molar-refractivity contribution in [3.05, 3.63) is 29.8 Å². The molecule has 5 nitrogen and oxygen atoms in total. The Bertz CT molecular complexity index is 470. The van der Waals surface area contributed by atoms with Gasteiger partial charge in [0, 0.05) is 6.42 Å². The third kappa shape index (κ3) is 3.00. The number of ether oxygens (including phenoxy) is 2. The van der Waals surface area contributed by atoms with E-state index in [0.29, 0.717) is 18.9 Å². The van der Waals surface area contributed by atoms with E-state index in [1.165, 1.54) is 0 Å². The van der Waals surface area contributed by atoms with E-state index >= 15 is 0 Å². The summed E-state index contributed by atoms with van der Waals surface area (Å²) in [6, 6.07) is 7.71. The summed E-state index contributed by atoms with van der Waals surface area (Å²) in [5.74, 6) is 0.196. The molecule has 1 atom stereocenters. The van der Waals surface area contributed by atoms with Gasteiger partial charge in [0.1, 0.15) is 18.3 Å². The lowest BCUT2D eigenvalue weighted by Crippen LogP contribution is -2.18. The predicted molar refractivity (Wildman–Crippen MR) is 66.1 cm³/mol. The SMILES string of the molecule is COc1ccccc1CC1CN=C(CC(=O)O)O1. The van der Waals surface area contributed by atoms with Gasteiger partial charge in [-0.1, -0.05) is 18.2 Å². The number of rotatable bonds is 5. The van der Waals surface area contributed by atoms with E-state index in [0.717, 1.165) is 11.3 Å². The van der Waals surface area contributed by atoms with E-state index < -0.39 is 5.97 Å². The quantitative estimate of drug-likeness (QED) is 0.858. The molecule has 0 spiro atoms. The van der Waals surface area contributed by atoms with Crippen molar-refractivity contribution in [3.8, 4) is 5.75 Å². The summed E-state index contributed by atoms with van der Waals surface area (Å²) in [4.78, 5) is 14.6. The van der Waals surface area contributed by atoms with E-state index in [2.05, 4.69) is 4.99 Å². The lowest BCUT2D eigenvalue weighted by molar-refractivity contribution is -0.135. The van der Waals surface area contributed by atoms with Crippen LogP contribution < -0.4 is 4.74 Å². The summed E-state index contributed by atoms with van der Waals surface area (Å²) in [7, 11) is 1.63. The van der Waals surface area contributed by atoms with Gasteiger partial charge in [0.05, 0.1) is 13.7 Å². The molecule has 1 aliphatic rings. The number of benzene rings is 1. The van der Waals surface area contributed by atoms with Crippen LogP contribution >= 0.6 is 0 Å². The van der Waals surface area contributed by atoms with Crippen LogP contribution in [0.15, 0.2) is 29.3 Å². The van der Waals surface area contributed by atoms with Crippen molar-refractivity contribution in [2.75, 3.05) is 13.7 Å². The zero-order valence-corrected chi connectivity index (χ0v) is 10.1. The fraction of sp³-hybridized carbons (Fsp3) is 0.385. The van der Waals surface area contributed by atoms with Gasteiger partial charge in [-0.3, -0.25) is 9.79 Å². The van der Waals surface area contributed by atoms with Crippen molar-refractivity contribution in [3.63, 3.8) is 0 Å². The van der Waals surface area contributed by atoms with Crippen LogP contribution in [0.2, 0.25) is 0 Å². The van der Waals surface area contributed by atoms with Gasteiger partial charge >= 0.3 is 5.97 Å². The Hall–Kier alpha value is -2.04. The van der Waals surface area contributed by atoms with E-state index in [1.807, 2.05) is 24.3 Å². The first-order valence-corrected chi connectivity index (χ1v) is 5.72. The first-order valence-electron chi connectivity index (χ1n) is 5.72. The Morgan fingerprint density at radius 2 is 2.33 bits per heavy atom. The molecule has 1 aromatic rings. The molecule has 18 heavy (non-hydrogen) atoms. The fourth-order valence-corrected chi connectivity index (χ4v) is 1.92. The Labute approximate surface area is 105 Å². The summed E-state index contributed by atoms with van der Waals surface area (Å²) >= 11 is 0. The van der Waals surface area contributed by atoms with Crippen molar-refractivity contribution in [1.82, 2.24) is 0 Å². The molecule has 0 bridgehead atoms. The van der Waals surface area contributed by atoms with Crippen molar-refractivity contribution in [1.29, 1.82) is 0 Å². The second-order valence-corrected chi connectivity index (χ2v) is 4.06. The zero-order chi connectivity index (χ0) is 13.0. The molecule has 1 aliphatic heterocycles. The number of hydrogen-bond donors (Lipinski definition) is 1. The number of methoxy groups -OCH3 is 1. The Morgan fingerprint density at radius 1 is 1.56 bits per heavy atom. The molecular formula is C13H15NO4. The lowest BCUT2D eigenvalue weighted by atomic mass is 10.1. The summed E-state index contributed by atoms with van der Waals surface area (Å²) in [5, 5.41) is 8.65. The molecule has 0 radical (unpaired) electrons. The van der Waals surface area contributed by atoms with Crippen LogP contribution in [0.1, 0.15) is 12.0 Å². The molecule has 0 fully saturated rings. The van der Waals surface area contributed by atoms with Crippen LogP contribution in [0.5, 0.6) is 5.75 Å². The highest BCUT2D eigenvalue weighted by Crippen LogP contribution is 2.21. The van der Waals surface area contributed by atoms with Crippen LogP contribution in [-0.4, -0.2) is 36.7 Å². The third-order valence-corrected chi connectivity index (χ3v) is 2.72. The molecule has 5 heteroatoms. The molecule has 2 rings (SSSR count). The van der Waals surface area contributed by atoms with Gasteiger partial charge in [-0.2, -0.15) is 0 Å². The number of aliphatic imine (C=N–C) groups is 1. The van der Waals surface area contributed by atoms with Gasteiger partial charge in [-0.25, -0.2) is 0 Å². The summed E-state index contributed by atoms with van der Waals surface area (Å²) < 4.78 is 10.7. The van der Waals surface area contributed by atoms with Gasteiger partial charge in [-0.05, 0) is 11.6 Å². The van der Waals surface area contributed by atoms with Crippen LogP contribution in [0.25, 0.3) is 0 Å². The predicted octanol–water partition coefficient (Wildman–Crippen LogP) is 1.51. The zero-order valence-electron chi connectivity index (χ0n) is 10.1. The van der Waals surface area contributed by atoms with Gasteiger partial charge in [0.2, 0.25) is 0 Å². The molecule has 0 amide bonds. The number of nitrogens with zero attached hydrogens (tertiary/aromatic N) is 1. The smallest absolute Gasteiger partial charge is 0.312 e. The van der Waals surface area contributed by atoms with Crippen molar-refractivity contribution in [2.24, 2.45) is 4.99 Å². The van der Waals surface area contributed by atoms with Crippen LogP contribution in [0.4, 0.5) is 0 Å². The van der Waals surface area contributed by atoms with E-state index in [-0.39, 0.29) is 12.5 Å². The maximum Gasteiger partial charge on any atom is 0.312 e. The Morgan fingerprint density at radius 3 is 3.06 bits per heavy atom. The first-order chi connectivity index (χ1) is 8.69. The van der Waals surface area contributed by atoms with E-state index in [1.54, 1.807) is 7.11 Å². The van der Waals surface area contributed by atoms with E-state index in [9.17, 15) is 4.79 Å². The number of carboxylic acid groups (broad SMARTS) is 1. The number of carboxylic acids is 1. The average molecular weight is 249 g/mol. The minimum absolute atomic E-state index is 0.101. The molecule has 0 saturated carbocycles. The number of carbonyl (C=O) groups is 1. The minimum atomic E-state index is -0.924. The molecule has 0 aromatic heterocycles. The second kappa shape index (κ2) is 5.53. The summed E-state index contributed by atoms with van der Waals surface area (Å²) in [6.45, 7) is 0.501. The van der Waals surface area contributed by atoms with Crippen LogP contribution in [0.3, 0.4) is 0 Å². The largest absolute Gasteiger partial charge is 0.496 e.